The zero-order chi connectivity index (χ0) is 21.8. The van der Waals surface area contributed by atoms with Crippen molar-refractivity contribution in [3.8, 4) is 17.1 Å². The Morgan fingerprint density at radius 3 is 2.74 bits per heavy atom. The van der Waals surface area contributed by atoms with Gasteiger partial charge in [-0.25, -0.2) is 4.79 Å². The molecule has 2 aromatic carbocycles. The Morgan fingerprint density at radius 1 is 1.13 bits per heavy atom. The topological polar surface area (TPSA) is 118 Å². The standard InChI is InChI=1S/C23H21N3O5/c1-14-17-8-7-16(27)13-19(17)30-23(29)18(14)9-10-20(28)24-12-11-21-25-22(26-31-21)15-5-3-2-4-6-15/h2-8,13,27H,9-12H2,1H3,(H,24,28). The number of aromatic hydroxyl groups is 1. The van der Waals surface area contributed by atoms with Crippen LogP contribution in [0.3, 0.4) is 0 Å². The van der Waals surface area contributed by atoms with Gasteiger partial charge in [-0.2, -0.15) is 4.98 Å². The highest BCUT2D eigenvalue weighted by Crippen LogP contribution is 2.23. The van der Waals surface area contributed by atoms with E-state index in [0.29, 0.717) is 35.8 Å². The average molecular weight is 419 g/mol. The number of nitrogens with zero attached hydrogens (tertiary/aromatic N) is 2. The summed E-state index contributed by atoms with van der Waals surface area (Å²) in [6.07, 6.45) is 0.816. The van der Waals surface area contributed by atoms with Crippen molar-refractivity contribution in [3.05, 3.63) is 76.0 Å². The fraction of sp³-hybridized carbons (Fsp3) is 0.217. The number of aromatic nitrogens is 2. The molecule has 0 fully saturated rings. The summed E-state index contributed by atoms with van der Waals surface area (Å²) in [6, 6.07) is 14.1. The van der Waals surface area contributed by atoms with Crippen molar-refractivity contribution in [1.82, 2.24) is 15.5 Å². The number of carbonyl (C=O) groups is 1. The van der Waals surface area contributed by atoms with Crippen LogP contribution in [0, 0.1) is 6.92 Å². The minimum atomic E-state index is -0.497. The molecule has 4 rings (SSSR count). The SMILES string of the molecule is Cc1c(CCC(=O)NCCc2nc(-c3ccccc3)no2)c(=O)oc2cc(O)ccc12. The van der Waals surface area contributed by atoms with Gasteiger partial charge < -0.3 is 19.4 Å². The highest BCUT2D eigenvalue weighted by molar-refractivity contribution is 5.82. The third-order valence-corrected chi connectivity index (χ3v) is 5.03. The summed E-state index contributed by atoms with van der Waals surface area (Å²) in [5.41, 5.74) is 1.89. The maximum Gasteiger partial charge on any atom is 0.339 e. The van der Waals surface area contributed by atoms with Gasteiger partial charge in [0.05, 0.1) is 0 Å². The lowest BCUT2D eigenvalue weighted by molar-refractivity contribution is -0.121. The number of hydrogen-bond donors (Lipinski definition) is 2. The molecule has 0 saturated carbocycles. The summed E-state index contributed by atoms with van der Waals surface area (Å²) >= 11 is 0. The molecular weight excluding hydrogens is 398 g/mol. The maximum absolute atomic E-state index is 12.3. The molecule has 2 N–H and O–H groups in total. The first kappa shape index (κ1) is 20.3. The molecule has 0 radical (unpaired) electrons. The van der Waals surface area contributed by atoms with Crippen molar-refractivity contribution >= 4 is 16.9 Å². The van der Waals surface area contributed by atoms with Gasteiger partial charge >= 0.3 is 5.63 Å². The Bertz CT molecular complexity index is 1280. The van der Waals surface area contributed by atoms with Crippen molar-refractivity contribution in [1.29, 1.82) is 0 Å². The molecule has 0 atom stereocenters. The molecule has 8 heteroatoms. The molecule has 0 spiro atoms. The van der Waals surface area contributed by atoms with Crippen molar-refractivity contribution in [2.45, 2.75) is 26.2 Å². The van der Waals surface area contributed by atoms with Crippen molar-refractivity contribution in [2.75, 3.05) is 6.54 Å². The molecule has 158 valence electrons. The highest BCUT2D eigenvalue weighted by Gasteiger charge is 2.14. The molecule has 0 aliphatic rings. The first-order valence-electron chi connectivity index (χ1n) is 9.91. The molecule has 4 aromatic rings. The summed E-state index contributed by atoms with van der Waals surface area (Å²) < 4.78 is 10.5. The normalized spacial score (nSPS) is 11.0. The molecule has 0 aliphatic heterocycles. The third-order valence-electron chi connectivity index (χ3n) is 5.03. The van der Waals surface area contributed by atoms with Crippen LogP contribution in [-0.4, -0.2) is 27.7 Å². The van der Waals surface area contributed by atoms with Crippen molar-refractivity contribution < 1.29 is 18.8 Å². The van der Waals surface area contributed by atoms with Crippen LogP contribution < -0.4 is 10.9 Å². The second-order valence-corrected chi connectivity index (χ2v) is 7.15. The number of rotatable bonds is 7. The monoisotopic (exact) mass is 419 g/mol. The third kappa shape index (κ3) is 4.63. The Kier molecular flexibility index (Phi) is 5.79. The van der Waals surface area contributed by atoms with Crippen LogP contribution in [0.5, 0.6) is 5.75 Å². The Morgan fingerprint density at radius 2 is 1.94 bits per heavy atom. The van der Waals surface area contributed by atoms with E-state index in [1.807, 2.05) is 37.3 Å². The van der Waals surface area contributed by atoms with E-state index in [1.165, 1.54) is 12.1 Å². The zero-order valence-corrected chi connectivity index (χ0v) is 16.9. The number of fused-ring (bicyclic) bond motifs is 1. The van der Waals surface area contributed by atoms with Gasteiger partial charge in [0.1, 0.15) is 11.3 Å². The first-order chi connectivity index (χ1) is 15.0. The minimum absolute atomic E-state index is 0.0271. The van der Waals surface area contributed by atoms with E-state index in [1.54, 1.807) is 6.07 Å². The number of phenols is 1. The van der Waals surface area contributed by atoms with Crippen LogP contribution in [0.4, 0.5) is 0 Å². The van der Waals surface area contributed by atoms with Crippen molar-refractivity contribution in [2.24, 2.45) is 0 Å². The van der Waals surface area contributed by atoms with Crippen LogP contribution in [0.1, 0.15) is 23.4 Å². The number of nitrogens with one attached hydrogen (secondary N) is 1. The molecule has 1 amide bonds. The second-order valence-electron chi connectivity index (χ2n) is 7.15. The van der Waals surface area contributed by atoms with E-state index in [-0.39, 0.29) is 24.5 Å². The fourth-order valence-electron chi connectivity index (χ4n) is 3.37. The molecule has 31 heavy (non-hydrogen) atoms. The summed E-state index contributed by atoms with van der Waals surface area (Å²) in [7, 11) is 0. The molecule has 0 bridgehead atoms. The van der Waals surface area contributed by atoms with Crippen LogP contribution in [-0.2, 0) is 17.6 Å². The van der Waals surface area contributed by atoms with Crippen molar-refractivity contribution in [3.63, 3.8) is 0 Å². The van der Waals surface area contributed by atoms with Gasteiger partial charge in [0, 0.05) is 42.0 Å². The predicted molar refractivity (Wildman–Crippen MR) is 114 cm³/mol. The van der Waals surface area contributed by atoms with Crippen LogP contribution in [0.25, 0.3) is 22.4 Å². The van der Waals surface area contributed by atoms with Gasteiger partial charge in [0.25, 0.3) is 0 Å². The first-order valence-corrected chi connectivity index (χ1v) is 9.91. The quantitative estimate of drug-likeness (QED) is 0.442. The molecule has 0 unspecified atom stereocenters. The molecule has 2 aromatic heterocycles. The van der Waals surface area contributed by atoms with Gasteiger partial charge in [0.2, 0.25) is 17.6 Å². The average Bonchev–Trinajstić information content (AvgIpc) is 3.23. The van der Waals surface area contributed by atoms with E-state index >= 15 is 0 Å². The largest absolute Gasteiger partial charge is 0.508 e. The lowest BCUT2D eigenvalue weighted by Crippen LogP contribution is -2.26. The summed E-state index contributed by atoms with van der Waals surface area (Å²) in [6.45, 7) is 2.16. The zero-order valence-electron chi connectivity index (χ0n) is 16.9. The number of aryl methyl sites for hydroxylation is 1. The van der Waals surface area contributed by atoms with E-state index < -0.39 is 5.63 Å². The van der Waals surface area contributed by atoms with Gasteiger partial charge in [-0.15, -0.1) is 0 Å². The number of benzene rings is 2. The lowest BCUT2D eigenvalue weighted by atomic mass is 10.0. The summed E-state index contributed by atoms with van der Waals surface area (Å²) in [5, 5.41) is 17.0. The van der Waals surface area contributed by atoms with Gasteiger partial charge in [-0.05, 0) is 31.0 Å². The van der Waals surface area contributed by atoms with E-state index in [0.717, 1.165) is 16.5 Å². The molecule has 0 saturated heterocycles. The number of amides is 1. The Labute approximate surface area is 177 Å². The van der Waals surface area contributed by atoms with Gasteiger partial charge in [-0.1, -0.05) is 35.5 Å². The number of carbonyl (C=O) groups excluding carboxylic acids is 1. The molecular formula is C23H21N3O5. The fourth-order valence-corrected chi connectivity index (χ4v) is 3.37. The van der Waals surface area contributed by atoms with E-state index in [2.05, 4.69) is 15.5 Å². The second kappa shape index (κ2) is 8.83. The van der Waals surface area contributed by atoms with E-state index in [9.17, 15) is 14.7 Å². The predicted octanol–water partition coefficient (Wildman–Crippen LogP) is 3.15. The maximum atomic E-state index is 12.3. The molecule has 8 nitrogen and oxygen atoms in total. The summed E-state index contributed by atoms with van der Waals surface area (Å²) in [4.78, 5) is 28.8. The Balaban J connectivity index is 1.32. The summed E-state index contributed by atoms with van der Waals surface area (Å²) in [5.74, 6) is 0.786. The van der Waals surface area contributed by atoms with Crippen LogP contribution >= 0.6 is 0 Å². The van der Waals surface area contributed by atoms with Crippen LogP contribution in [0.2, 0.25) is 0 Å². The minimum Gasteiger partial charge on any atom is -0.508 e. The smallest absolute Gasteiger partial charge is 0.339 e. The number of phenolic OH excluding ortho intramolecular Hbond substituents is 1. The number of hydrogen-bond acceptors (Lipinski definition) is 7. The molecule has 2 heterocycles. The van der Waals surface area contributed by atoms with E-state index in [4.69, 9.17) is 8.94 Å². The molecule has 0 aliphatic carbocycles. The highest BCUT2D eigenvalue weighted by atomic mass is 16.5. The van der Waals surface area contributed by atoms with Gasteiger partial charge in [0.15, 0.2) is 0 Å². The van der Waals surface area contributed by atoms with Crippen LogP contribution in [0.15, 0.2) is 62.3 Å². The Hall–Kier alpha value is -3.94. The van der Waals surface area contributed by atoms with Gasteiger partial charge in [-0.3, -0.25) is 4.79 Å². The lowest BCUT2D eigenvalue weighted by Gasteiger charge is -2.08.